The van der Waals surface area contributed by atoms with Crippen molar-refractivity contribution in [3.8, 4) is 0 Å². The van der Waals surface area contributed by atoms with Gasteiger partial charge in [-0.1, -0.05) is 19.9 Å². The molecule has 2 atom stereocenters. The van der Waals surface area contributed by atoms with Crippen LogP contribution in [-0.2, 0) is 6.18 Å². The minimum Gasteiger partial charge on any atom is -0.323 e. The molecule has 0 heterocycles. The number of hydrogen-bond donors (Lipinski definition) is 1. The molecule has 0 aliphatic heterocycles. The van der Waals surface area contributed by atoms with Crippen LogP contribution >= 0.6 is 11.8 Å². The van der Waals surface area contributed by atoms with Gasteiger partial charge in [0, 0.05) is 17.0 Å². The Labute approximate surface area is 114 Å². The number of hydrogen-bond acceptors (Lipinski definition) is 2. The zero-order valence-corrected chi connectivity index (χ0v) is 11.6. The highest BCUT2D eigenvalue weighted by Crippen LogP contribution is 2.33. The maximum Gasteiger partial charge on any atom is 0.419 e. The molecule has 1 nitrogen and oxygen atoms in total. The van der Waals surface area contributed by atoms with E-state index in [9.17, 15) is 17.6 Å². The lowest BCUT2D eigenvalue weighted by Crippen LogP contribution is -2.17. The maximum atomic E-state index is 13.1. The van der Waals surface area contributed by atoms with Crippen LogP contribution in [0.2, 0.25) is 0 Å². The van der Waals surface area contributed by atoms with Crippen LogP contribution in [0.15, 0.2) is 18.2 Å². The molecule has 0 aromatic heterocycles. The van der Waals surface area contributed by atoms with Crippen molar-refractivity contribution < 1.29 is 17.6 Å². The monoisotopic (exact) mass is 295 g/mol. The van der Waals surface area contributed by atoms with Gasteiger partial charge in [-0.25, -0.2) is 4.39 Å². The Hall–Kier alpha value is -0.750. The average molecular weight is 295 g/mol. The fourth-order valence-electron chi connectivity index (χ4n) is 1.47. The van der Waals surface area contributed by atoms with Gasteiger partial charge in [-0.2, -0.15) is 24.9 Å². The normalized spacial score (nSPS) is 15.3. The molecule has 19 heavy (non-hydrogen) atoms. The van der Waals surface area contributed by atoms with E-state index in [0.717, 1.165) is 18.6 Å². The summed E-state index contributed by atoms with van der Waals surface area (Å²) in [5, 5.41) is 0.397. The number of halogens is 4. The maximum absolute atomic E-state index is 13.1. The Balaban J connectivity index is 2.84. The zero-order chi connectivity index (χ0) is 14.6. The van der Waals surface area contributed by atoms with E-state index in [-0.39, 0.29) is 0 Å². The first-order valence-electron chi connectivity index (χ1n) is 5.99. The predicted octanol–water partition coefficient (Wildman–Crippen LogP) is 4.38. The van der Waals surface area contributed by atoms with Gasteiger partial charge in [0.1, 0.15) is 5.82 Å². The molecule has 0 saturated heterocycles. The molecule has 0 spiro atoms. The van der Waals surface area contributed by atoms with E-state index in [1.54, 1.807) is 11.8 Å². The Morgan fingerprint density at radius 1 is 1.32 bits per heavy atom. The lowest BCUT2D eigenvalue weighted by Gasteiger charge is -2.16. The van der Waals surface area contributed by atoms with Gasteiger partial charge in [0.05, 0.1) is 5.56 Å². The van der Waals surface area contributed by atoms with Gasteiger partial charge >= 0.3 is 6.18 Å². The molecule has 0 aliphatic rings. The van der Waals surface area contributed by atoms with Crippen LogP contribution in [0, 0.1) is 5.82 Å². The van der Waals surface area contributed by atoms with Crippen LogP contribution in [0.1, 0.15) is 37.4 Å². The summed E-state index contributed by atoms with van der Waals surface area (Å²) < 4.78 is 50.9. The first kappa shape index (κ1) is 16.3. The van der Waals surface area contributed by atoms with Crippen molar-refractivity contribution in [3.05, 3.63) is 35.1 Å². The van der Waals surface area contributed by atoms with Crippen LogP contribution in [0.5, 0.6) is 0 Å². The molecule has 2 unspecified atom stereocenters. The summed E-state index contributed by atoms with van der Waals surface area (Å²) in [7, 11) is 0. The molecule has 108 valence electrons. The Kier molecular flexibility index (Phi) is 5.67. The van der Waals surface area contributed by atoms with Crippen LogP contribution in [0.3, 0.4) is 0 Å². The molecule has 0 bridgehead atoms. The second-order valence-electron chi connectivity index (χ2n) is 4.40. The van der Waals surface area contributed by atoms with Crippen LogP contribution in [0.4, 0.5) is 17.6 Å². The van der Waals surface area contributed by atoms with Gasteiger partial charge in [-0.3, -0.25) is 0 Å². The van der Waals surface area contributed by atoms with E-state index in [1.165, 1.54) is 6.07 Å². The van der Waals surface area contributed by atoms with Gasteiger partial charge in [-0.15, -0.1) is 0 Å². The fraction of sp³-hybridized carbons (Fsp3) is 0.538. The minimum atomic E-state index is -4.69. The number of alkyl halides is 3. The van der Waals surface area contributed by atoms with E-state index < -0.39 is 23.6 Å². The largest absolute Gasteiger partial charge is 0.419 e. The quantitative estimate of drug-likeness (QED) is 0.816. The molecule has 0 amide bonds. The molecule has 0 radical (unpaired) electrons. The summed E-state index contributed by atoms with van der Waals surface area (Å²) in [5.74, 6) is -0.754. The summed E-state index contributed by atoms with van der Waals surface area (Å²) >= 11 is 1.60. The third-order valence-corrected chi connectivity index (χ3v) is 4.31. The molecule has 2 N–H and O–H groups in total. The molecule has 0 fully saturated rings. The van der Waals surface area contributed by atoms with E-state index in [4.69, 9.17) is 5.73 Å². The van der Waals surface area contributed by atoms with Crippen molar-refractivity contribution in [2.75, 3.05) is 5.75 Å². The summed E-state index contributed by atoms with van der Waals surface area (Å²) in [6, 6.07) is 2.41. The first-order valence-corrected chi connectivity index (χ1v) is 7.04. The van der Waals surface area contributed by atoms with Gasteiger partial charge in [0.15, 0.2) is 0 Å². The van der Waals surface area contributed by atoms with Gasteiger partial charge in [0.25, 0.3) is 0 Å². The highest BCUT2D eigenvalue weighted by atomic mass is 32.2. The van der Waals surface area contributed by atoms with E-state index in [0.29, 0.717) is 16.6 Å². The molecular weight excluding hydrogens is 278 g/mol. The third kappa shape index (κ3) is 4.69. The standard InChI is InChI=1S/C13H17F4NS/c1-3-8(2)19-7-12(18)9-4-5-11(14)10(6-9)13(15,16)17/h4-6,8,12H,3,7,18H2,1-2H3. The zero-order valence-electron chi connectivity index (χ0n) is 10.8. The topological polar surface area (TPSA) is 26.0 Å². The molecule has 6 heteroatoms. The molecule has 1 aromatic rings. The van der Waals surface area contributed by atoms with Crippen molar-refractivity contribution in [1.29, 1.82) is 0 Å². The number of benzene rings is 1. The smallest absolute Gasteiger partial charge is 0.323 e. The van der Waals surface area contributed by atoms with E-state index >= 15 is 0 Å². The molecule has 1 rings (SSSR count). The van der Waals surface area contributed by atoms with Crippen molar-refractivity contribution in [3.63, 3.8) is 0 Å². The van der Waals surface area contributed by atoms with Crippen molar-refractivity contribution in [1.82, 2.24) is 0 Å². The average Bonchev–Trinajstić information content (AvgIpc) is 2.34. The van der Waals surface area contributed by atoms with Crippen molar-refractivity contribution in [2.45, 2.75) is 37.7 Å². The fourth-order valence-corrected chi connectivity index (χ4v) is 2.44. The third-order valence-electron chi connectivity index (χ3n) is 2.86. The second-order valence-corrected chi connectivity index (χ2v) is 5.87. The van der Waals surface area contributed by atoms with Crippen LogP contribution in [0.25, 0.3) is 0 Å². The van der Waals surface area contributed by atoms with Crippen molar-refractivity contribution >= 4 is 11.8 Å². The highest BCUT2D eigenvalue weighted by Gasteiger charge is 2.34. The molecule has 0 aliphatic carbocycles. The van der Waals surface area contributed by atoms with Crippen molar-refractivity contribution in [2.24, 2.45) is 5.73 Å². The molecule has 0 saturated carbocycles. The lowest BCUT2D eigenvalue weighted by molar-refractivity contribution is -0.140. The Morgan fingerprint density at radius 3 is 2.47 bits per heavy atom. The van der Waals surface area contributed by atoms with Crippen LogP contribution < -0.4 is 5.73 Å². The Bertz CT molecular complexity index is 420. The number of thioether (sulfide) groups is 1. The van der Waals surface area contributed by atoms with Gasteiger partial charge < -0.3 is 5.73 Å². The van der Waals surface area contributed by atoms with Gasteiger partial charge in [0.2, 0.25) is 0 Å². The highest BCUT2D eigenvalue weighted by molar-refractivity contribution is 7.99. The molecule has 1 aromatic carbocycles. The first-order chi connectivity index (χ1) is 8.75. The minimum absolute atomic E-state index is 0.310. The lowest BCUT2D eigenvalue weighted by atomic mass is 10.0. The number of nitrogens with two attached hydrogens (primary N) is 1. The molecular formula is C13H17F4NS. The van der Waals surface area contributed by atoms with Crippen LogP contribution in [-0.4, -0.2) is 11.0 Å². The summed E-state index contributed by atoms with van der Waals surface area (Å²) in [4.78, 5) is 0. The van der Waals surface area contributed by atoms with E-state index in [1.807, 2.05) is 13.8 Å². The van der Waals surface area contributed by atoms with Gasteiger partial charge in [-0.05, 0) is 24.1 Å². The van der Waals surface area contributed by atoms with E-state index in [2.05, 4.69) is 0 Å². The SMILES string of the molecule is CCC(C)SCC(N)c1ccc(F)c(C(F)(F)F)c1. The number of rotatable bonds is 5. The summed E-state index contributed by atoms with van der Waals surface area (Å²) in [6.45, 7) is 4.06. The summed E-state index contributed by atoms with van der Waals surface area (Å²) in [6.07, 6.45) is -3.72. The Morgan fingerprint density at radius 2 is 1.95 bits per heavy atom. The predicted molar refractivity (Wildman–Crippen MR) is 70.5 cm³/mol. The summed E-state index contributed by atoms with van der Waals surface area (Å²) in [5.41, 5.74) is 4.90. The second kappa shape index (κ2) is 6.61.